The lowest BCUT2D eigenvalue weighted by Crippen LogP contribution is -2.25. The van der Waals surface area contributed by atoms with Crippen LogP contribution in [0, 0.1) is 0 Å². The van der Waals surface area contributed by atoms with Crippen molar-refractivity contribution in [1.29, 1.82) is 0 Å². The molecule has 0 amide bonds. The van der Waals surface area contributed by atoms with Gasteiger partial charge in [0.2, 0.25) is 0 Å². The van der Waals surface area contributed by atoms with Crippen LogP contribution in [0.2, 0.25) is 0 Å². The van der Waals surface area contributed by atoms with E-state index in [-0.39, 0.29) is 6.10 Å². The maximum atomic E-state index is 9.27. The fourth-order valence-electron chi connectivity index (χ4n) is 0.760. The summed E-state index contributed by atoms with van der Waals surface area (Å²) in [5.74, 6) is 2.04. The minimum Gasteiger partial charge on any atom is -0.391 e. The number of rotatable bonds is 7. The standard InChI is InChI=1S/C8H19NOS/c1-3-4-5-11-7-8(10)6-9-2/h8-10H,3-7H2,1-2H3. The third kappa shape index (κ3) is 8.17. The molecule has 0 rings (SSSR count). The van der Waals surface area contributed by atoms with Gasteiger partial charge in [-0.05, 0) is 19.2 Å². The summed E-state index contributed by atoms with van der Waals surface area (Å²) in [4.78, 5) is 0. The smallest absolute Gasteiger partial charge is 0.0754 e. The first-order valence-electron chi connectivity index (χ1n) is 4.21. The minimum atomic E-state index is -0.179. The van der Waals surface area contributed by atoms with Gasteiger partial charge in [0.1, 0.15) is 0 Å². The summed E-state index contributed by atoms with van der Waals surface area (Å²) in [5, 5.41) is 12.2. The molecule has 0 heterocycles. The van der Waals surface area contributed by atoms with Crippen molar-refractivity contribution >= 4 is 11.8 Å². The molecular weight excluding hydrogens is 158 g/mol. The van der Waals surface area contributed by atoms with Crippen LogP contribution in [-0.4, -0.2) is 36.3 Å². The highest BCUT2D eigenvalue weighted by atomic mass is 32.2. The molecular formula is C8H19NOS. The van der Waals surface area contributed by atoms with E-state index in [1.165, 1.54) is 18.6 Å². The number of nitrogens with one attached hydrogen (secondary N) is 1. The number of unbranched alkanes of at least 4 members (excludes halogenated alkanes) is 1. The first-order valence-corrected chi connectivity index (χ1v) is 5.37. The number of hydrogen-bond donors (Lipinski definition) is 2. The summed E-state index contributed by atoms with van der Waals surface area (Å²) >= 11 is 1.84. The van der Waals surface area contributed by atoms with Crippen molar-refractivity contribution in [2.75, 3.05) is 25.1 Å². The summed E-state index contributed by atoms with van der Waals surface area (Å²) in [5.41, 5.74) is 0. The molecule has 0 aromatic rings. The van der Waals surface area contributed by atoms with Crippen molar-refractivity contribution < 1.29 is 5.11 Å². The van der Waals surface area contributed by atoms with E-state index in [4.69, 9.17) is 0 Å². The van der Waals surface area contributed by atoms with Crippen LogP contribution >= 0.6 is 11.8 Å². The summed E-state index contributed by atoms with van der Waals surface area (Å²) in [6.07, 6.45) is 2.33. The van der Waals surface area contributed by atoms with Gasteiger partial charge in [-0.2, -0.15) is 11.8 Å². The largest absolute Gasteiger partial charge is 0.391 e. The highest BCUT2D eigenvalue weighted by Crippen LogP contribution is 2.05. The van der Waals surface area contributed by atoms with E-state index >= 15 is 0 Å². The fraction of sp³-hybridized carbons (Fsp3) is 1.00. The van der Waals surface area contributed by atoms with Crippen LogP contribution in [0.15, 0.2) is 0 Å². The lowest BCUT2D eigenvalue weighted by Gasteiger charge is -2.08. The van der Waals surface area contributed by atoms with Crippen molar-refractivity contribution in [2.24, 2.45) is 0 Å². The number of aliphatic hydroxyl groups is 1. The predicted octanol–water partition coefficient (Wildman–Crippen LogP) is 1.10. The SMILES string of the molecule is CCCCSCC(O)CNC. The van der Waals surface area contributed by atoms with E-state index in [1.807, 2.05) is 18.8 Å². The molecule has 0 bridgehead atoms. The van der Waals surface area contributed by atoms with Crippen LogP contribution in [0.1, 0.15) is 19.8 Å². The van der Waals surface area contributed by atoms with Crippen LogP contribution in [0.25, 0.3) is 0 Å². The molecule has 11 heavy (non-hydrogen) atoms. The van der Waals surface area contributed by atoms with Crippen molar-refractivity contribution in [3.05, 3.63) is 0 Å². The Morgan fingerprint density at radius 2 is 2.27 bits per heavy atom. The van der Waals surface area contributed by atoms with Gasteiger partial charge in [0.25, 0.3) is 0 Å². The lowest BCUT2D eigenvalue weighted by molar-refractivity contribution is 0.199. The zero-order valence-electron chi connectivity index (χ0n) is 7.47. The Balaban J connectivity index is 2.97. The Morgan fingerprint density at radius 3 is 2.82 bits per heavy atom. The Morgan fingerprint density at radius 1 is 1.55 bits per heavy atom. The molecule has 2 nitrogen and oxygen atoms in total. The van der Waals surface area contributed by atoms with Gasteiger partial charge in [-0.25, -0.2) is 0 Å². The quantitative estimate of drug-likeness (QED) is 0.571. The van der Waals surface area contributed by atoms with Crippen molar-refractivity contribution in [1.82, 2.24) is 5.32 Å². The number of hydrogen-bond acceptors (Lipinski definition) is 3. The number of thioether (sulfide) groups is 1. The van der Waals surface area contributed by atoms with E-state index in [0.717, 1.165) is 5.75 Å². The van der Waals surface area contributed by atoms with Gasteiger partial charge >= 0.3 is 0 Å². The van der Waals surface area contributed by atoms with Gasteiger partial charge < -0.3 is 10.4 Å². The summed E-state index contributed by atoms with van der Waals surface area (Å²) in [7, 11) is 1.86. The van der Waals surface area contributed by atoms with Crippen molar-refractivity contribution in [2.45, 2.75) is 25.9 Å². The third-order valence-corrected chi connectivity index (χ3v) is 2.59. The number of likely N-dealkylation sites (N-methyl/N-ethyl adjacent to an activating group) is 1. The van der Waals surface area contributed by atoms with E-state index in [0.29, 0.717) is 6.54 Å². The van der Waals surface area contributed by atoms with E-state index < -0.39 is 0 Å². The van der Waals surface area contributed by atoms with Crippen molar-refractivity contribution in [3.63, 3.8) is 0 Å². The lowest BCUT2D eigenvalue weighted by atomic mass is 10.4. The highest BCUT2D eigenvalue weighted by molar-refractivity contribution is 7.99. The average molecular weight is 177 g/mol. The van der Waals surface area contributed by atoms with E-state index in [9.17, 15) is 5.11 Å². The second-order valence-corrected chi connectivity index (χ2v) is 3.79. The van der Waals surface area contributed by atoms with Gasteiger partial charge in [0, 0.05) is 12.3 Å². The molecule has 3 heteroatoms. The average Bonchev–Trinajstić information content (AvgIpc) is 1.99. The molecule has 1 atom stereocenters. The first kappa shape index (κ1) is 11.3. The zero-order valence-corrected chi connectivity index (χ0v) is 8.28. The summed E-state index contributed by atoms with van der Waals surface area (Å²) < 4.78 is 0. The third-order valence-electron chi connectivity index (χ3n) is 1.39. The molecule has 0 saturated heterocycles. The van der Waals surface area contributed by atoms with Crippen LogP contribution in [0.3, 0.4) is 0 Å². The molecule has 0 radical (unpaired) electrons. The normalized spacial score (nSPS) is 13.4. The predicted molar refractivity (Wildman–Crippen MR) is 52.2 cm³/mol. The zero-order chi connectivity index (χ0) is 8.53. The molecule has 0 aliphatic rings. The van der Waals surface area contributed by atoms with Gasteiger partial charge in [-0.15, -0.1) is 0 Å². The maximum Gasteiger partial charge on any atom is 0.0754 e. The molecule has 0 fully saturated rings. The molecule has 0 aromatic heterocycles. The summed E-state index contributed by atoms with van der Waals surface area (Å²) in [6, 6.07) is 0. The Hall–Kier alpha value is 0.270. The van der Waals surface area contributed by atoms with Gasteiger partial charge in [0.15, 0.2) is 0 Å². The monoisotopic (exact) mass is 177 g/mol. The second kappa shape index (κ2) is 8.37. The molecule has 2 N–H and O–H groups in total. The Labute approximate surface area is 73.8 Å². The van der Waals surface area contributed by atoms with Crippen LogP contribution in [0.4, 0.5) is 0 Å². The minimum absolute atomic E-state index is 0.179. The molecule has 68 valence electrons. The van der Waals surface area contributed by atoms with Crippen LogP contribution < -0.4 is 5.32 Å². The number of aliphatic hydroxyl groups excluding tert-OH is 1. The molecule has 1 unspecified atom stereocenters. The summed E-state index contributed by atoms with van der Waals surface area (Å²) in [6.45, 7) is 2.89. The fourth-order valence-corrected chi connectivity index (χ4v) is 1.81. The second-order valence-electron chi connectivity index (χ2n) is 2.64. The van der Waals surface area contributed by atoms with E-state index in [2.05, 4.69) is 12.2 Å². The molecule has 0 aromatic carbocycles. The molecule has 0 spiro atoms. The van der Waals surface area contributed by atoms with Gasteiger partial charge in [-0.3, -0.25) is 0 Å². The topological polar surface area (TPSA) is 32.3 Å². The van der Waals surface area contributed by atoms with E-state index in [1.54, 1.807) is 0 Å². The maximum absolute atomic E-state index is 9.27. The van der Waals surface area contributed by atoms with Crippen molar-refractivity contribution in [3.8, 4) is 0 Å². The van der Waals surface area contributed by atoms with Crippen LogP contribution in [-0.2, 0) is 0 Å². The Kier molecular flexibility index (Phi) is 8.57. The Bertz CT molecular complexity index is 80.5. The van der Waals surface area contributed by atoms with Gasteiger partial charge in [-0.1, -0.05) is 13.3 Å². The van der Waals surface area contributed by atoms with Gasteiger partial charge in [0.05, 0.1) is 6.10 Å². The molecule has 0 aliphatic carbocycles. The highest BCUT2D eigenvalue weighted by Gasteiger charge is 2.00. The molecule has 0 saturated carbocycles. The first-order chi connectivity index (χ1) is 5.31. The molecule has 0 aliphatic heterocycles. The van der Waals surface area contributed by atoms with Crippen LogP contribution in [0.5, 0.6) is 0 Å².